The Kier molecular flexibility index (Phi) is 6.63. The maximum atomic E-state index is 12.7. The molecular formula is C24H23NO4. The van der Waals surface area contributed by atoms with E-state index in [0.717, 1.165) is 5.56 Å². The van der Waals surface area contributed by atoms with Crippen molar-refractivity contribution in [2.45, 2.75) is 20.5 Å². The molecule has 1 N–H and O–H groups in total. The number of rotatable bonds is 7. The van der Waals surface area contributed by atoms with Crippen LogP contribution in [0.5, 0.6) is 5.75 Å². The van der Waals surface area contributed by atoms with Crippen molar-refractivity contribution in [3.8, 4) is 5.75 Å². The van der Waals surface area contributed by atoms with Crippen molar-refractivity contribution in [2.75, 3.05) is 11.9 Å². The van der Waals surface area contributed by atoms with Crippen LogP contribution in [0.15, 0.2) is 72.8 Å². The lowest BCUT2D eigenvalue weighted by Gasteiger charge is -2.12. The average Bonchev–Trinajstić information content (AvgIpc) is 2.75. The summed E-state index contributed by atoms with van der Waals surface area (Å²) in [7, 11) is 0. The van der Waals surface area contributed by atoms with Crippen LogP contribution in [-0.4, -0.2) is 18.5 Å². The van der Waals surface area contributed by atoms with Crippen LogP contribution in [0.2, 0.25) is 0 Å². The van der Waals surface area contributed by atoms with E-state index in [1.54, 1.807) is 50.2 Å². The highest BCUT2D eigenvalue weighted by atomic mass is 16.5. The molecule has 5 nitrogen and oxygen atoms in total. The van der Waals surface area contributed by atoms with Crippen LogP contribution in [0.3, 0.4) is 0 Å². The standard InChI is InChI=1S/C24H23NO4/c1-3-28-24(27)21-13-8-14-22(17(21)2)25-23(26)19-11-7-12-20(15-19)29-16-18-9-5-4-6-10-18/h4-15H,3,16H2,1-2H3,(H,25,26). The Balaban J connectivity index is 1.71. The summed E-state index contributed by atoms with van der Waals surface area (Å²) in [6.07, 6.45) is 0. The number of nitrogens with one attached hydrogen (secondary N) is 1. The molecule has 5 heteroatoms. The molecule has 0 aliphatic rings. The molecule has 3 aromatic carbocycles. The van der Waals surface area contributed by atoms with Gasteiger partial charge in [-0.1, -0.05) is 42.5 Å². The van der Waals surface area contributed by atoms with Crippen LogP contribution in [0.4, 0.5) is 5.69 Å². The molecule has 3 aromatic rings. The highest BCUT2D eigenvalue weighted by molar-refractivity contribution is 6.05. The van der Waals surface area contributed by atoms with Crippen LogP contribution < -0.4 is 10.1 Å². The zero-order valence-corrected chi connectivity index (χ0v) is 16.5. The molecule has 3 rings (SSSR count). The normalized spacial score (nSPS) is 10.3. The molecule has 0 spiro atoms. The van der Waals surface area contributed by atoms with Gasteiger partial charge in [0.05, 0.1) is 12.2 Å². The number of ether oxygens (including phenoxy) is 2. The second kappa shape index (κ2) is 9.55. The van der Waals surface area contributed by atoms with Gasteiger partial charge >= 0.3 is 5.97 Å². The summed E-state index contributed by atoms with van der Waals surface area (Å²) in [6.45, 7) is 4.25. The van der Waals surface area contributed by atoms with Crippen molar-refractivity contribution >= 4 is 17.6 Å². The number of hydrogen-bond acceptors (Lipinski definition) is 4. The van der Waals surface area contributed by atoms with E-state index in [2.05, 4.69) is 5.32 Å². The summed E-state index contributed by atoms with van der Waals surface area (Å²) < 4.78 is 10.9. The summed E-state index contributed by atoms with van der Waals surface area (Å²) >= 11 is 0. The lowest BCUT2D eigenvalue weighted by Crippen LogP contribution is -2.15. The first-order valence-electron chi connectivity index (χ1n) is 9.43. The molecule has 0 unspecified atom stereocenters. The molecule has 29 heavy (non-hydrogen) atoms. The largest absolute Gasteiger partial charge is 0.489 e. The number of carbonyl (C=O) groups is 2. The average molecular weight is 389 g/mol. The zero-order chi connectivity index (χ0) is 20.6. The second-order valence-corrected chi connectivity index (χ2v) is 6.45. The number of carbonyl (C=O) groups excluding carboxylic acids is 2. The van der Waals surface area contributed by atoms with Gasteiger partial charge in [0.2, 0.25) is 0 Å². The summed E-state index contributed by atoms with van der Waals surface area (Å²) in [4.78, 5) is 24.8. The molecule has 0 radical (unpaired) electrons. The highest BCUT2D eigenvalue weighted by Crippen LogP contribution is 2.22. The number of benzene rings is 3. The highest BCUT2D eigenvalue weighted by Gasteiger charge is 2.15. The van der Waals surface area contributed by atoms with Crippen molar-refractivity contribution in [3.05, 3.63) is 95.1 Å². The number of hydrogen-bond donors (Lipinski definition) is 1. The molecule has 0 atom stereocenters. The fraction of sp³-hybridized carbons (Fsp3) is 0.167. The Morgan fingerprint density at radius 1 is 0.931 bits per heavy atom. The van der Waals surface area contributed by atoms with E-state index in [4.69, 9.17) is 9.47 Å². The molecule has 0 aromatic heterocycles. The topological polar surface area (TPSA) is 64.6 Å². The van der Waals surface area contributed by atoms with Gasteiger partial charge in [-0.05, 0) is 55.3 Å². The maximum Gasteiger partial charge on any atom is 0.338 e. The molecule has 0 aliphatic carbocycles. The Labute approximate surface area is 170 Å². The van der Waals surface area contributed by atoms with Gasteiger partial charge in [0, 0.05) is 11.3 Å². The molecule has 1 amide bonds. The Hall–Kier alpha value is -3.60. The zero-order valence-electron chi connectivity index (χ0n) is 16.5. The predicted molar refractivity (Wildman–Crippen MR) is 112 cm³/mol. The molecule has 0 aliphatic heterocycles. The Morgan fingerprint density at radius 2 is 1.69 bits per heavy atom. The van der Waals surface area contributed by atoms with Crippen molar-refractivity contribution in [2.24, 2.45) is 0 Å². The van der Waals surface area contributed by atoms with E-state index in [1.807, 2.05) is 36.4 Å². The minimum absolute atomic E-state index is 0.278. The maximum absolute atomic E-state index is 12.7. The second-order valence-electron chi connectivity index (χ2n) is 6.45. The first-order valence-corrected chi connectivity index (χ1v) is 9.43. The van der Waals surface area contributed by atoms with E-state index in [1.165, 1.54) is 0 Å². The Bertz CT molecular complexity index is 999. The molecule has 0 bridgehead atoms. The first kappa shape index (κ1) is 20.1. The number of amides is 1. The van der Waals surface area contributed by atoms with E-state index < -0.39 is 5.97 Å². The van der Waals surface area contributed by atoms with Crippen molar-refractivity contribution in [3.63, 3.8) is 0 Å². The lowest BCUT2D eigenvalue weighted by molar-refractivity contribution is 0.0525. The Morgan fingerprint density at radius 3 is 2.45 bits per heavy atom. The van der Waals surface area contributed by atoms with Crippen LogP contribution in [-0.2, 0) is 11.3 Å². The van der Waals surface area contributed by atoms with Crippen LogP contribution in [0.1, 0.15) is 38.8 Å². The summed E-state index contributed by atoms with van der Waals surface area (Å²) in [5.74, 6) is -0.0739. The number of anilines is 1. The van der Waals surface area contributed by atoms with Crippen molar-refractivity contribution in [1.29, 1.82) is 0 Å². The smallest absolute Gasteiger partial charge is 0.338 e. The molecule has 148 valence electrons. The van der Waals surface area contributed by atoms with Gasteiger partial charge in [0.1, 0.15) is 12.4 Å². The fourth-order valence-electron chi connectivity index (χ4n) is 2.86. The third-order valence-corrected chi connectivity index (χ3v) is 4.42. The molecule has 0 heterocycles. The van der Waals surface area contributed by atoms with Crippen molar-refractivity contribution in [1.82, 2.24) is 0 Å². The van der Waals surface area contributed by atoms with Crippen LogP contribution in [0.25, 0.3) is 0 Å². The lowest BCUT2D eigenvalue weighted by atomic mass is 10.1. The van der Waals surface area contributed by atoms with E-state index in [9.17, 15) is 9.59 Å². The third kappa shape index (κ3) is 5.23. The SMILES string of the molecule is CCOC(=O)c1cccc(NC(=O)c2cccc(OCc3ccccc3)c2)c1C. The van der Waals surface area contributed by atoms with Gasteiger partial charge in [-0.15, -0.1) is 0 Å². The molecular weight excluding hydrogens is 366 g/mol. The molecule has 0 fully saturated rings. The van der Waals surface area contributed by atoms with Gasteiger partial charge in [-0.3, -0.25) is 4.79 Å². The summed E-state index contributed by atoms with van der Waals surface area (Å²) in [6, 6.07) is 22.0. The minimum atomic E-state index is -0.405. The van der Waals surface area contributed by atoms with Gasteiger partial charge in [0.25, 0.3) is 5.91 Å². The van der Waals surface area contributed by atoms with E-state index in [0.29, 0.717) is 41.3 Å². The van der Waals surface area contributed by atoms with Gasteiger partial charge in [0.15, 0.2) is 0 Å². The van der Waals surface area contributed by atoms with Crippen molar-refractivity contribution < 1.29 is 19.1 Å². The summed E-state index contributed by atoms with van der Waals surface area (Å²) in [5.41, 5.74) is 3.18. The summed E-state index contributed by atoms with van der Waals surface area (Å²) in [5, 5.41) is 2.86. The molecule has 0 saturated carbocycles. The van der Waals surface area contributed by atoms with E-state index in [-0.39, 0.29) is 5.91 Å². The molecule has 0 saturated heterocycles. The van der Waals surface area contributed by atoms with Crippen LogP contribution >= 0.6 is 0 Å². The minimum Gasteiger partial charge on any atom is -0.489 e. The van der Waals surface area contributed by atoms with E-state index >= 15 is 0 Å². The van der Waals surface area contributed by atoms with Gasteiger partial charge < -0.3 is 14.8 Å². The van der Waals surface area contributed by atoms with Gasteiger partial charge in [-0.2, -0.15) is 0 Å². The van der Waals surface area contributed by atoms with Gasteiger partial charge in [-0.25, -0.2) is 4.79 Å². The third-order valence-electron chi connectivity index (χ3n) is 4.42. The quantitative estimate of drug-likeness (QED) is 0.578. The first-order chi connectivity index (χ1) is 14.1. The van der Waals surface area contributed by atoms with Crippen LogP contribution in [0, 0.1) is 6.92 Å². The fourth-order valence-corrected chi connectivity index (χ4v) is 2.86. The number of esters is 1. The predicted octanol–water partition coefficient (Wildman–Crippen LogP) is 5.00. The monoisotopic (exact) mass is 389 g/mol.